The Balaban J connectivity index is 1.58. The SMILES string of the molecule is O=c1nc(OCc2cccc(F)c2F)cc2n1CC1CCCCN21. The summed E-state index contributed by atoms with van der Waals surface area (Å²) in [6.45, 7) is 1.38. The van der Waals surface area contributed by atoms with E-state index in [0.717, 1.165) is 31.3 Å². The van der Waals surface area contributed by atoms with Crippen LogP contribution in [0.3, 0.4) is 0 Å². The van der Waals surface area contributed by atoms with Gasteiger partial charge in [-0.05, 0) is 25.3 Å². The number of anilines is 1. The van der Waals surface area contributed by atoms with Crippen LogP contribution in [0.5, 0.6) is 5.88 Å². The van der Waals surface area contributed by atoms with Crippen molar-refractivity contribution in [2.24, 2.45) is 0 Å². The largest absolute Gasteiger partial charge is 0.472 e. The molecule has 24 heavy (non-hydrogen) atoms. The molecular formula is C17H17F2N3O2. The predicted octanol–water partition coefficient (Wildman–Crippen LogP) is 2.47. The summed E-state index contributed by atoms with van der Waals surface area (Å²) in [5.41, 5.74) is -0.273. The van der Waals surface area contributed by atoms with E-state index in [-0.39, 0.29) is 23.7 Å². The minimum atomic E-state index is -0.938. The predicted molar refractivity (Wildman–Crippen MR) is 84.2 cm³/mol. The number of piperidine rings is 1. The smallest absolute Gasteiger partial charge is 0.352 e. The van der Waals surface area contributed by atoms with E-state index in [1.165, 1.54) is 18.6 Å². The maximum Gasteiger partial charge on any atom is 0.352 e. The van der Waals surface area contributed by atoms with Crippen LogP contribution >= 0.6 is 0 Å². The molecule has 2 aliphatic rings. The second-order valence-electron chi connectivity index (χ2n) is 6.19. The molecule has 7 heteroatoms. The summed E-state index contributed by atoms with van der Waals surface area (Å²) in [5, 5.41) is 0. The zero-order valence-corrected chi connectivity index (χ0v) is 13.0. The van der Waals surface area contributed by atoms with E-state index in [0.29, 0.717) is 12.6 Å². The molecule has 0 spiro atoms. The molecule has 1 fully saturated rings. The van der Waals surface area contributed by atoms with E-state index in [2.05, 4.69) is 9.88 Å². The van der Waals surface area contributed by atoms with Gasteiger partial charge in [0.2, 0.25) is 5.88 Å². The van der Waals surface area contributed by atoms with E-state index in [1.54, 1.807) is 10.6 Å². The average molecular weight is 333 g/mol. The Labute approximate surface area is 137 Å². The second-order valence-corrected chi connectivity index (χ2v) is 6.19. The molecular weight excluding hydrogens is 316 g/mol. The standard InChI is InChI=1S/C17H17F2N3O2/c18-13-6-3-4-11(16(13)19)10-24-14-8-15-21-7-2-1-5-12(21)9-22(15)17(23)20-14/h3-4,6,8,12H,1-2,5,7,9-10H2. The fourth-order valence-electron chi connectivity index (χ4n) is 3.47. The maximum absolute atomic E-state index is 13.7. The molecule has 3 heterocycles. The molecule has 1 unspecified atom stereocenters. The molecule has 0 bridgehead atoms. The number of halogens is 2. The first kappa shape index (κ1) is 15.1. The summed E-state index contributed by atoms with van der Waals surface area (Å²) < 4.78 is 34.0. The molecule has 1 saturated heterocycles. The highest BCUT2D eigenvalue weighted by Crippen LogP contribution is 2.32. The van der Waals surface area contributed by atoms with Crippen LogP contribution in [0, 0.1) is 11.6 Å². The van der Waals surface area contributed by atoms with Gasteiger partial charge in [-0.3, -0.25) is 4.57 Å². The third-order valence-electron chi connectivity index (χ3n) is 4.69. The Morgan fingerprint density at radius 3 is 3.04 bits per heavy atom. The quantitative estimate of drug-likeness (QED) is 0.866. The van der Waals surface area contributed by atoms with Crippen LogP contribution < -0.4 is 15.3 Å². The first-order chi connectivity index (χ1) is 11.6. The lowest BCUT2D eigenvalue weighted by Gasteiger charge is -2.30. The van der Waals surface area contributed by atoms with E-state index in [4.69, 9.17) is 4.74 Å². The Bertz CT molecular complexity index is 837. The maximum atomic E-state index is 13.7. The highest BCUT2D eigenvalue weighted by molar-refractivity contribution is 5.47. The van der Waals surface area contributed by atoms with Gasteiger partial charge in [0.05, 0.1) is 0 Å². The molecule has 0 saturated carbocycles. The average Bonchev–Trinajstić information content (AvgIpc) is 2.96. The van der Waals surface area contributed by atoms with Crippen molar-refractivity contribution in [2.75, 3.05) is 11.4 Å². The normalized spacial score (nSPS) is 19.1. The van der Waals surface area contributed by atoms with Crippen LogP contribution in [0.15, 0.2) is 29.1 Å². The highest BCUT2D eigenvalue weighted by Gasteiger charge is 2.32. The molecule has 1 aromatic carbocycles. The Morgan fingerprint density at radius 1 is 1.29 bits per heavy atom. The van der Waals surface area contributed by atoms with Crippen molar-refractivity contribution in [3.05, 3.63) is 51.9 Å². The van der Waals surface area contributed by atoms with Crippen LogP contribution in [0.25, 0.3) is 0 Å². The van der Waals surface area contributed by atoms with Crippen LogP contribution in [-0.2, 0) is 13.2 Å². The molecule has 0 aliphatic carbocycles. The lowest BCUT2D eigenvalue weighted by atomic mass is 10.0. The number of hydrogen-bond acceptors (Lipinski definition) is 4. The lowest BCUT2D eigenvalue weighted by molar-refractivity contribution is 0.283. The fraction of sp³-hybridized carbons (Fsp3) is 0.412. The number of nitrogens with zero attached hydrogens (tertiary/aromatic N) is 3. The van der Waals surface area contributed by atoms with Gasteiger partial charge in [-0.1, -0.05) is 12.1 Å². The molecule has 0 amide bonds. The zero-order valence-electron chi connectivity index (χ0n) is 13.0. The van der Waals surface area contributed by atoms with Crippen molar-refractivity contribution in [2.45, 2.75) is 38.5 Å². The Kier molecular flexibility index (Phi) is 3.70. The molecule has 1 atom stereocenters. The summed E-state index contributed by atoms with van der Waals surface area (Å²) in [6, 6.07) is 5.96. The number of aromatic nitrogens is 2. The minimum Gasteiger partial charge on any atom is -0.472 e. The van der Waals surface area contributed by atoms with Gasteiger partial charge in [-0.2, -0.15) is 4.98 Å². The van der Waals surface area contributed by atoms with Crippen molar-refractivity contribution in [3.8, 4) is 5.88 Å². The van der Waals surface area contributed by atoms with Gasteiger partial charge in [0.15, 0.2) is 11.6 Å². The van der Waals surface area contributed by atoms with Gasteiger partial charge < -0.3 is 9.64 Å². The van der Waals surface area contributed by atoms with Crippen LogP contribution in [0.2, 0.25) is 0 Å². The number of benzene rings is 1. The van der Waals surface area contributed by atoms with Crippen molar-refractivity contribution in [3.63, 3.8) is 0 Å². The van der Waals surface area contributed by atoms with E-state index in [1.807, 2.05) is 0 Å². The molecule has 2 aliphatic heterocycles. The van der Waals surface area contributed by atoms with Crippen molar-refractivity contribution in [1.82, 2.24) is 9.55 Å². The Morgan fingerprint density at radius 2 is 2.17 bits per heavy atom. The first-order valence-corrected chi connectivity index (χ1v) is 8.07. The molecule has 4 rings (SSSR count). The molecule has 1 aromatic heterocycles. The third-order valence-corrected chi connectivity index (χ3v) is 4.69. The summed E-state index contributed by atoms with van der Waals surface area (Å²) in [6.07, 6.45) is 3.32. The van der Waals surface area contributed by atoms with Crippen LogP contribution in [0.1, 0.15) is 24.8 Å². The second kappa shape index (κ2) is 5.89. The van der Waals surface area contributed by atoms with Gasteiger partial charge in [0, 0.05) is 30.8 Å². The minimum absolute atomic E-state index is 0.0910. The number of fused-ring (bicyclic) bond motifs is 3. The third kappa shape index (κ3) is 2.53. The zero-order chi connectivity index (χ0) is 16.7. The number of hydrogen-bond donors (Lipinski definition) is 0. The number of rotatable bonds is 3. The monoisotopic (exact) mass is 333 g/mol. The van der Waals surface area contributed by atoms with Crippen molar-refractivity contribution >= 4 is 5.82 Å². The van der Waals surface area contributed by atoms with Gasteiger partial charge in [0.1, 0.15) is 12.4 Å². The van der Waals surface area contributed by atoms with Crippen LogP contribution in [0.4, 0.5) is 14.6 Å². The summed E-state index contributed by atoms with van der Waals surface area (Å²) >= 11 is 0. The van der Waals surface area contributed by atoms with E-state index in [9.17, 15) is 13.6 Å². The van der Waals surface area contributed by atoms with E-state index >= 15 is 0 Å². The topological polar surface area (TPSA) is 47.4 Å². The molecule has 0 N–H and O–H groups in total. The Hall–Kier alpha value is -2.44. The van der Waals surface area contributed by atoms with Crippen LogP contribution in [-0.4, -0.2) is 22.1 Å². The molecule has 0 radical (unpaired) electrons. The van der Waals surface area contributed by atoms with E-state index < -0.39 is 11.6 Å². The van der Waals surface area contributed by atoms with Gasteiger partial charge in [0.25, 0.3) is 0 Å². The van der Waals surface area contributed by atoms with Gasteiger partial charge in [-0.15, -0.1) is 0 Å². The van der Waals surface area contributed by atoms with Crippen molar-refractivity contribution in [1.29, 1.82) is 0 Å². The summed E-state index contributed by atoms with van der Waals surface area (Å²) in [5.74, 6) is -0.920. The summed E-state index contributed by atoms with van der Waals surface area (Å²) in [4.78, 5) is 18.3. The lowest BCUT2D eigenvalue weighted by Crippen LogP contribution is -2.36. The fourth-order valence-corrected chi connectivity index (χ4v) is 3.47. The first-order valence-electron chi connectivity index (χ1n) is 8.07. The molecule has 5 nitrogen and oxygen atoms in total. The summed E-state index contributed by atoms with van der Waals surface area (Å²) in [7, 11) is 0. The van der Waals surface area contributed by atoms with Crippen molar-refractivity contribution < 1.29 is 13.5 Å². The number of ether oxygens (including phenoxy) is 1. The molecule has 2 aromatic rings. The van der Waals surface area contributed by atoms with Gasteiger partial charge in [-0.25, -0.2) is 13.6 Å². The molecule has 126 valence electrons. The highest BCUT2D eigenvalue weighted by atomic mass is 19.2. The van der Waals surface area contributed by atoms with Gasteiger partial charge >= 0.3 is 5.69 Å².